The SMILES string of the molecule is CCN(C=Nc1ccc2c(c1)nc(N(C)C)c1cc(N=CN(CC)CC)ccc12)CC. The van der Waals surface area contributed by atoms with E-state index < -0.39 is 0 Å². The van der Waals surface area contributed by atoms with E-state index in [9.17, 15) is 0 Å². The summed E-state index contributed by atoms with van der Waals surface area (Å²) in [6.45, 7) is 12.3. The van der Waals surface area contributed by atoms with Crippen LogP contribution >= 0.6 is 0 Å². The van der Waals surface area contributed by atoms with Crippen molar-refractivity contribution in [1.29, 1.82) is 0 Å². The molecule has 3 aromatic rings. The Labute approximate surface area is 185 Å². The van der Waals surface area contributed by atoms with Gasteiger partial charge in [0, 0.05) is 51.0 Å². The molecule has 0 amide bonds. The van der Waals surface area contributed by atoms with Crippen LogP contribution in [-0.2, 0) is 0 Å². The molecule has 2 aromatic carbocycles. The highest BCUT2D eigenvalue weighted by Gasteiger charge is 2.11. The zero-order valence-electron chi connectivity index (χ0n) is 19.6. The van der Waals surface area contributed by atoms with Crippen molar-refractivity contribution in [2.75, 3.05) is 45.2 Å². The van der Waals surface area contributed by atoms with Gasteiger partial charge < -0.3 is 14.7 Å². The van der Waals surface area contributed by atoms with Crippen LogP contribution in [0.15, 0.2) is 46.4 Å². The van der Waals surface area contributed by atoms with Crippen molar-refractivity contribution in [2.24, 2.45) is 9.98 Å². The van der Waals surface area contributed by atoms with E-state index in [1.165, 1.54) is 5.39 Å². The number of nitrogens with zero attached hydrogens (tertiary/aromatic N) is 6. The van der Waals surface area contributed by atoms with Crippen molar-refractivity contribution in [3.63, 3.8) is 0 Å². The van der Waals surface area contributed by atoms with Crippen LogP contribution in [0.4, 0.5) is 17.2 Å². The molecule has 164 valence electrons. The number of benzene rings is 2. The quantitative estimate of drug-likeness (QED) is 0.263. The van der Waals surface area contributed by atoms with Crippen LogP contribution in [0, 0.1) is 0 Å². The molecule has 0 aliphatic rings. The minimum Gasteiger partial charge on any atom is -0.363 e. The largest absolute Gasteiger partial charge is 0.363 e. The standard InChI is InChI=1S/C25H34N6/c1-7-30(8-2)17-26-19-11-13-21-22-14-12-20(27-18-31(9-3)10-4)16-24(22)28-25(29(5)6)23(21)15-19/h11-18H,7-10H2,1-6H3. The predicted molar refractivity (Wildman–Crippen MR) is 136 cm³/mol. The van der Waals surface area contributed by atoms with Crippen LogP contribution in [0.25, 0.3) is 21.7 Å². The Morgan fingerprint density at radius 3 is 1.74 bits per heavy atom. The summed E-state index contributed by atoms with van der Waals surface area (Å²) in [5.41, 5.74) is 2.80. The summed E-state index contributed by atoms with van der Waals surface area (Å²) < 4.78 is 0. The van der Waals surface area contributed by atoms with Crippen molar-refractivity contribution in [1.82, 2.24) is 14.8 Å². The number of pyridine rings is 1. The summed E-state index contributed by atoms with van der Waals surface area (Å²) in [4.78, 5) is 20.7. The van der Waals surface area contributed by atoms with E-state index in [0.29, 0.717) is 0 Å². The van der Waals surface area contributed by atoms with E-state index in [2.05, 4.69) is 88.8 Å². The van der Waals surface area contributed by atoms with Gasteiger partial charge in [0.1, 0.15) is 5.82 Å². The van der Waals surface area contributed by atoms with Gasteiger partial charge in [-0.25, -0.2) is 15.0 Å². The molecule has 0 fully saturated rings. The zero-order valence-corrected chi connectivity index (χ0v) is 19.6. The van der Waals surface area contributed by atoms with E-state index >= 15 is 0 Å². The molecule has 0 bridgehead atoms. The van der Waals surface area contributed by atoms with Gasteiger partial charge in [0.2, 0.25) is 0 Å². The molecule has 0 saturated carbocycles. The van der Waals surface area contributed by atoms with Crippen LogP contribution in [0.2, 0.25) is 0 Å². The minimum absolute atomic E-state index is 0.913. The highest BCUT2D eigenvalue weighted by Crippen LogP contribution is 2.34. The average molecular weight is 419 g/mol. The van der Waals surface area contributed by atoms with Crippen LogP contribution in [0.1, 0.15) is 27.7 Å². The van der Waals surface area contributed by atoms with Crippen molar-refractivity contribution < 1.29 is 0 Å². The van der Waals surface area contributed by atoms with Gasteiger partial charge in [-0.05, 0) is 57.3 Å². The molecule has 1 heterocycles. The summed E-state index contributed by atoms with van der Waals surface area (Å²) >= 11 is 0. The van der Waals surface area contributed by atoms with Gasteiger partial charge in [-0.1, -0.05) is 12.1 Å². The summed E-state index contributed by atoms with van der Waals surface area (Å²) in [5, 5.41) is 3.41. The number of anilines is 1. The molecule has 0 aliphatic heterocycles. The Hall–Kier alpha value is -3.15. The summed E-state index contributed by atoms with van der Waals surface area (Å²) in [7, 11) is 4.06. The molecule has 0 unspecified atom stereocenters. The maximum atomic E-state index is 4.98. The van der Waals surface area contributed by atoms with Crippen molar-refractivity contribution in [2.45, 2.75) is 27.7 Å². The van der Waals surface area contributed by atoms with E-state index in [0.717, 1.165) is 59.7 Å². The average Bonchev–Trinajstić information content (AvgIpc) is 2.79. The lowest BCUT2D eigenvalue weighted by Gasteiger charge is -2.17. The maximum absolute atomic E-state index is 4.98. The smallest absolute Gasteiger partial charge is 0.136 e. The molecular weight excluding hydrogens is 384 g/mol. The van der Waals surface area contributed by atoms with E-state index in [4.69, 9.17) is 4.98 Å². The van der Waals surface area contributed by atoms with Gasteiger partial charge in [0.05, 0.1) is 29.6 Å². The topological polar surface area (TPSA) is 47.3 Å². The summed E-state index contributed by atoms with van der Waals surface area (Å²) in [6, 6.07) is 12.6. The van der Waals surface area contributed by atoms with Gasteiger partial charge >= 0.3 is 0 Å². The van der Waals surface area contributed by atoms with Crippen LogP contribution < -0.4 is 4.90 Å². The number of aromatic nitrogens is 1. The molecule has 1 aromatic heterocycles. The predicted octanol–water partition coefficient (Wildman–Crippen LogP) is 5.46. The fourth-order valence-electron chi connectivity index (χ4n) is 3.54. The summed E-state index contributed by atoms with van der Waals surface area (Å²) in [5.74, 6) is 0.937. The molecule has 0 spiro atoms. The van der Waals surface area contributed by atoms with Crippen LogP contribution in [0.3, 0.4) is 0 Å². The lowest BCUT2D eigenvalue weighted by atomic mass is 10.0. The molecular formula is C25H34N6. The first kappa shape index (κ1) is 22.5. The number of fused-ring (bicyclic) bond motifs is 3. The van der Waals surface area contributed by atoms with Crippen LogP contribution in [-0.4, -0.2) is 67.7 Å². The van der Waals surface area contributed by atoms with Crippen LogP contribution in [0.5, 0.6) is 0 Å². The Kier molecular flexibility index (Phi) is 7.45. The highest BCUT2D eigenvalue weighted by molar-refractivity contribution is 6.11. The minimum atomic E-state index is 0.913. The monoisotopic (exact) mass is 418 g/mol. The second-order valence-electron chi connectivity index (χ2n) is 7.69. The first-order chi connectivity index (χ1) is 15.0. The Bertz CT molecular complexity index is 1080. The summed E-state index contributed by atoms with van der Waals surface area (Å²) in [6.07, 6.45) is 3.83. The van der Waals surface area contributed by atoms with Gasteiger partial charge in [0.25, 0.3) is 0 Å². The van der Waals surface area contributed by atoms with E-state index in [1.54, 1.807) is 0 Å². The molecule has 6 nitrogen and oxygen atoms in total. The molecule has 0 radical (unpaired) electrons. The number of aliphatic imine (C=N–C) groups is 2. The molecule has 3 rings (SSSR count). The number of hydrogen-bond donors (Lipinski definition) is 0. The van der Waals surface area contributed by atoms with Gasteiger partial charge in [-0.3, -0.25) is 0 Å². The fraction of sp³-hybridized carbons (Fsp3) is 0.400. The number of hydrogen-bond acceptors (Lipinski definition) is 4. The maximum Gasteiger partial charge on any atom is 0.136 e. The lowest BCUT2D eigenvalue weighted by molar-refractivity contribution is 0.480. The molecule has 0 saturated heterocycles. The normalized spacial score (nSPS) is 11.8. The van der Waals surface area contributed by atoms with E-state index in [1.807, 2.05) is 26.8 Å². The van der Waals surface area contributed by atoms with E-state index in [-0.39, 0.29) is 0 Å². The van der Waals surface area contributed by atoms with Gasteiger partial charge in [-0.2, -0.15) is 0 Å². The highest BCUT2D eigenvalue weighted by atomic mass is 15.1. The second kappa shape index (κ2) is 10.2. The van der Waals surface area contributed by atoms with Crippen molar-refractivity contribution >= 4 is 51.5 Å². The third-order valence-corrected chi connectivity index (χ3v) is 5.53. The first-order valence-electron chi connectivity index (χ1n) is 11.1. The third kappa shape index (κ3) is 5.13. The van der Waals surface area contributed by atoms with Crippen molar-refractivity contribution in [3.8, 4) is 0 Å². The van der Waals surface area contributed by atoms with Crippen molar-refractivity contribution in [3.05, 3.63) is 36.4 Å². The zero-order chi connectivity index (χ0) is 22.4. The van der Waals surface area contributed by atoms with Gasteiger partial charge in [0.15, 0.2) is 0 Å². The number of rotatable bonds is 9. The molecule has 0 atom stereocenters. The molecule has 0 aliphatic carbocycles. The lowest BCUT2D eigenvalue weighted by Crippen LogP contribution is -2.20. The van der Waals surface area contributed by atoms with Gasteiger partial charge in [-0.15, -0.1) is 0 Å². The molecule has 31 heavy (non-hydrogen) atoms. The Morgan fingerprint density at radius 2 is 1.23 bits per heavy atom. The molecule has 0 N–H and O–H groups in total. The fourth-order valence-corrected chi connectivity index (χ4v) is 3.54. The second-order valence-corrected chi connectivity index (χ2v) is 7.69. The first-order valence-corrected chi connectivity index (χ1v) is 11.1. The molecule has 6 heteroatoms. The third-order valence-electron chi connectivity index (χ3n) is 5.53. The Balaban J connectivity index is 2.08. The Morgan fingerprint density at radius 1 is 0.710 bits per heavy atom.